The van der Waals surface area contributed by atoms with Crippen molar-refractivity contribution in [1.82, 2.24) is 5.48 Å². The maximum Gasteiger partial charge on any atom is 0.337 e. The quantitative estimate of drug-likeness (QED) is 0.320. The van der Waals surface area contributed by atoms with Gasteiger partial charge in [0.25, 0.3) is 0 Å². The van der Waals surface area contributed by atoms with E-state index >= 15 is 0 Å². The van der Waals surface area contributed by atoms with Gasteiger partial charge in [0.2, 0.25) is 0 Å². The van der Waals surface area contributed by atoms with Crippen LogP contribution in [0.2, 0.25) is 0 Å². The standard InChI is InChI=1S/C15H29NO5/c1-4-10-13(15(18)20-6-3)21-16-12-9-7-8-11-14(17)19-5-2/h13,16H,4-12H2,1-3H3. The van der Waals surface area contributed by atoms with Crippen LogP contribution >= 0.6 is 0 Å². The van der Waals surface area contributed by atoms with E-state index in [1.807, 2.05) is 6.92 Å². The fourth-order valence-corrected chi connectivity index (χ4v) is 1.76. The highest BCUT2D eigenvalue weighted by molar-refractivity contribution is 5.74. The van der Waals surface area contributed by atoms with E-state index in [1.54, 1.807) is 13.8 Å². The smallest absolute Gasteiger partial charge is 0.337 e. The number of carbonyl (C=O) groups excluding carboxylic acids is 2. The molecule has 0 heterocycles. The Balaban J connectivity index is 3.62. The van der Waals surface area contributed by atoms with E-state index in [-0.39, 0.29) is 11.9 Å². The first kappa shape index (κ1) is 19.9. The largest absolute Gasteiger partial charge is 0.466 e. The van der Waals surface area contributed by atoms with Crippen molar-refractivity contribution in [2.45, 2.75) is 65.4 Å². The van der Waals surface area contributed by atoms with Gasteiger partial charge in [-0.3, -0.25) is 9.63 Å². The van der Waals surface area contributed by atoms with Crippen LogP contribution in [-0.2, 0) is 23.9 Å². The molecule has 0 rings (SSSR count). The maximum atomic E-state index is 11.6. The number of nitrogens with one attached hydrogen (secondary N) is 1. The molecule has 0 aliphatic carbocycles. The van der Waals surface area contributed by atoms with E-state index in [9.17, 15) is 9.59 Å². The number of hydrogen-bond donors (Lipinski definition) is 1. The Kier molecular flexibility index (Phi) is 13.1. The van der Waals surface area contributed by atoms with Gasteiger partial charge in [0.15, 0.2) is 6.10 Å². The van der Waals surface area contributed by atoms with Gasteiger partial charge in [0.05, 0.1) is 13.2 Å². The predicted octanol–water partition coefficient (Wildman–Crippen LogP) is 2.36. The molecule has 0 aromatic carbocycles. The summed E-state index contributed by atoms with van der Waals surface area (Å²) in [4.78, 5) is 28.1. The average Bonchev–Trinajstić information content (AvgIpc) is 2.45. The summed E-state index contributed by atoms with van der Waals surface area (Å²) in [6.45, 7) is 7.00. The first-order valence-electron chi connectivity index (χ1n) is 7.86. The molecule has 6 heteroatoms. The van der Waals surface area contributed by atoms with Crippen LogP contribution in [0.25, 0.3) is 0 Å². The molecule has 0 fully saturated rings. The van der Waals surface area contributed by atoms with E-state index in [1.165, 1.54) is 0 Å². The molecule has 0 spiro atoms. The molecular weight excluding hydrogens is 274 g/mol. The molecule has 124 valence electrons. The molecule has 0 aliphatic rings. The summed E-state index contributed by atoms with van der Waals surface area (Å²) < 4.78 is 9.79. The second-order valence-electron chi connectivity index (χ2n) is 4.66. The van der Waals surface area contributed by atoms with E-state index in [2.05, 4.69) is 5.48 Å². The van der Waals surface area contributed by atoms with E-state index in [0.717, 1.165) is 25.7 Å². The van der Waals surface area contributed by atoms with Crippen molar-refractivity contribution >= 4 is 11.9 Å². The lowest BCUT2D eigenvalue weighted by molar-refractivity contribution is -0.163. The molecule has 0 radical (unpaired) electrons. The highest BCUT2D eigenvalue weighted by Gasteiger charge is 2.19. The Morgan fingerprint density at radius 1 is 1.00 bits per heavy atom. The van der Waals surface area contributed by atoms with Crippen LogP contribution in [0.3, 0.4) is 0 Å². The molecule has 0 amide bonds. The van der Waals surface area contributed by atoms with Crippen molar-refractivity contribution in [3.63, 3.8) is 0 Å². The number of unbranched alkanes of at least 4 members (excludes halogenated alkanes) is 2. The Morgan fingerprint density at radius 3 is 2.33 bits per heavy atom. The summed E-state index contributed by atoms with van der Waals surface area (Å²) in [5.41, 5.74) is 2.81. The summed E-state index contributed by atoms with van der Waals surface area (Å²) >= 11 is 0. The van der Waals surface area contributed by atoms with Crippen LogP contribution in [0.15, 0.2) is 0 Å². The zero-order valence-corrected chi connectivity index (χ0v) is 13.5. The topological polar surface area (TPSA) is 73.9 Å². The van der Waals surface area contributed by atoms with Crippen molar-refractivity contribution < 1.29 is 23.9 Å². The maximum absolute atomic E-state index is 11.6. The predicted molar refractivity (Wildman–Crippen MR) is 79.5 cm³/mol. The Labute approximate surface area is 127 Å². The minimum atomic E-state index is -0.547. The van der Waals surface area contributed by atoms with Gasteiger partial charge in [0.1, 0.15) is 0 Å². The fraction of sp³-hybridized carbons (Fsp3) is 0.867. The van der Waals surface area contributed by atoms with Gasteiger partial charge < -0.3 is 9.47 Å². The third kappa shape index (κ3) is 11.2. The summed E-state index contributed by atoms with van der Waals surface area (Å²) in [5.74, 6) is -0.471. The normalized spacial score (nSPS) is 12.0. The SMILES string of the molecule is CCCC(ONCCCCCC(=O)OCC)C(=O)OCC. The van der Waals surface area contributed by atoms with Gasteiger partial charge in [0, 0.05) is 13.0 Å². The number of esters is 2. The van der Waals surface area contributed by atoms with Gasteiger partial charge in [-0.15, -0.1) is 0 Å². The van der Waals surface area contributed by atoms with Crippen LogP contribution in [0.5, 0.6) is 0 Å². The van der Waals surface area contributed by atoms with Crippen molar-refractivity contribution in [3.8, 4) is 0 Å². The number of carbonyl (C=O) groups is 2. The molecule has 0 aromatic rings. The Hall–Kier alpha value is -1.14. The molecular formula is C15H29NO5. The molecule has 0 saturated carbocycles. The highest BCUT2D eigenvalue weighted by Crippen LogP contribution is 2.04. The lowest BCUT2D eigenvalue weighted by atomic mass is 10.2. The number of hydroxylamine groups is 1. The lowest BCUT2D eigenvalue weighted by Gasteiger charge is -2.15. The fourth-order valence-electron chi connectivity index (χ4n) is 1.76. The molecule has 6 nitrogen and oxygen atoms in total. The van der Waals surface area contributed by atoms with Crippen molar-refractivity contribution in [1.29, 1.82) is 0 Å². The van der Waals surface area contributed by atoms with E-state index in [0.29, 0.717) is 32.6 Å². The average molecular weight is 303 g/mol. The second-order valence-corrected chi connectivity index (χ2v) is 4.66. The Morgan fingerprint density at radius 2 is 1.71 bits per heavy atom. The van der Waals surface area contributed by atoms with Crippen LogP contribution in [0.4, 0.5) is 0 Å². The number of hydrogen-bond acceptors (Lipinski definition) is 6. The molecule has 0 saturated heterocycles. The number of rotatable bonds is 13. The van der Waals surface area contributed by atoms with Crippen LogP contribution in [0.1, 0.15) is 59.3 Å². The van der Waals surface area contributed by atoms with Crippen molar-refractivity contribution in [3.05, 3.63) is 0 Å². The molecule has 0 aromatic heterocycles. The zero-order valence-electron chi connectivity index (χ0n) is 13.5. The van der Waals surface area contributed by atoms with Gasteiger partial charge in [-0.2, -0.15) is 0 Å². The van der Waals surface area contributed by atoms with Gasteiger partial charge in [-0.1, -0.05) is 19.8 Å². The lowest BCUT2D eigenvalue weighted by Crippen LogP contribution is -2.32. The third-order valence-corrected chi connectivity index (χ3v) is 2.79. The van der Waals surface area contributed by atoms with Crippen molar-refractivity contribution in [2.24, 2.45) is 0 Å². The van der Waals surface area contributed by atoms with Crippen LogP contribution < -0.4 is 5.48 Å². The van der Waals surface area contributed by atoms with Gasteiger partial charge in [-0.05, 0) is 33.1 Å². The molecule has 0 aliphatic heterocycles. The summed E-state index contributed by atoms with van der Waals surface area (Å²) in [6, 6.07) is 0. The summed E-state index contributed by atoms with van der Waals surface area (Å²) in [7, 11) is 0. The zero-order chi connectivity index (χ0) is 15.9. The van der Waals surface area contributed by atoms with Crippen LogP contribution in [-0.4, -0.2) is 37.8 Å². The minimum Gasteiger partial charge on any atom is -0.466 e. The van der Waals surface area contributed by atoms with E-state index < -0.39 is 6.10 Å². The van der Waals surface area contributed by atoms with Crippen LogP contribution in [0, 0.1) is 0 Å². The molecule has 1 N–H and O–H groups in total. The van der Waals surface area contributed by atoms with Gasteiger partial charge in [-0.25, -0.2) is 10.3 Å². The molecule has 1 unspecified atom stereocenters. The molecule has 1 atom stereocenters. The highest BCUT2D eigenvalue weighted by atomic mass is 16.7. The summed E-state index contributed by atoms with van der Waals surface area (Å²) in [5, 5.41) is 0. The van der Waals surface area contributed by atoms with E-state index in [4.69, 9.17) is 14.3 Å². The first-order valence-corrected chi connectivity index (χ1v) is 7.86. The molecule has 0 bridgehead atoms. The van der Waals surface area contributed by atoms with Gasteiger partial charge >= 0.3 is 11.9 Å². The molecule has 21 heavy (non-hydrogen) atoms. The summed E-state index contributed by atoms with van der Waals surface area (Å²) in [6.07, 6.45) is 3.98. The third-order valence-electron chi connectivity index (χ3n) is 2.79. The second kappa shape index (κ2) is 13.8. The Bertz CT molecular complexity index is 283. The van der Waals surface area contributed by atoms with Crippen molar-refractivity contribution in [2.75, 3.05) is 19.8 Å². The monoisotopic (exact) mass is 303 g/mol. The first-order chi connectivity index (χ1) is 10.2. The number of ether oxygens (including phenoxy) is 2. The minimum absolute atomic E-state index is 0.146.